The molecule has 0 amide bonds. The van der Waals surface area contributed by atoms with Crippen LogP contribution in [0, 0.1) is 13.8 Å². The van der Waals surface area contributed by atoms with Crippen LogP contribution in [0.2, 0.25) is 5.02 Å². The smallest absolute Gasteiger partial charge is 0.227 e. The van der Waals surface area contributed by atoms with E-state index >= 15 is 0 Å². The van der Waals surface area contributed by atoms with Gasteiger partial charge in [0, 0.05) is 34.4 Å². The van der Waals surface area contributed by atoms with Crippen LogP contribution >= 0.6 is 11.6 Å². The van der Waals surface area contributed by atoms with Crippen LogP contribution in [0.5, 0.6) is 0 Å². The van der Waals surface area contributed by atoms with E-state index in [-0.39, 0.29) is 0 Å². The predicted molar refractivity (Wildman–Crippen MR) is 86.0 cm³/mol. The first-order valence-corrected chi connectivity index (χ1v) is 7.02. The van der Waals surface area contributed by atoms with Crippen LogP contribution in [-0.4, -0.2) is 15.0 Å². The summed E-state index contributed by atoms with van der Waals surface area (Å²) in [5.41, 5.74) is 5.14. The van der Waals surface area contributed by atoms with Crippen LogP contribution in [0.15, 0.2) is 42.7 Å². The standard InChI is InChI=1S/C16H15ClN4/c1-10-9-19-11(2)15(10)14-6-7-18-16(21-14)20-13-5-3-4-12(17)8-13/h3-9,19H,1-2H3,(H,18,20,21). The highest BCUT2D eigenvalue weighted by Gasteiger charge is 2.10. The first-order chi connectivity index (χ1) is 10.1. The summed E-state index contributed by atoms with van der Waals surface area (Å²) in [6.07, 6.45) is 3.73. The summed E-state index contributed by atoms with van der Waals surface area (Å²) in [4.78, 5) is 12.0. The van der Waals surface area contributed by atoms with Crippen molar-refractivity contribution in [1.82, 2.24) is 15.0 Å². The molecular weight excluding hydrogens is 284 g/mol. The molecule has 2 heterocycles. The van der Waals surface area contributed by atoms with Gasteiger partial charge >= 0.3 is 0 Å². The third-order valence-electron chi connectivity index (χ3n) is 3.27. The highest BCUT2D eigenvalue weighted by molar-refractivity contribution is 6.30. The van der Waals surface area contributed by atoms with Gasteiger partial charge in [-0.05, 0) is 43.7 Å². The van der Waals surface area contributed by atoms with Gasteiger partial charge in [0.15, 0.2) is 0 Å². The van der Waals surface area contributed by atoms with Crippen LogP contribution in [0.25, 0.3) is 11.3 Å². The van der Waals surface area contributed by atoms with Gasteiger partial charge in [-0.3, -0.25) is 0 Å². The van der Waals surface area contributed by atoms with Crippen molar-refractivity contribution in [3.8, 4) is 11.3 Å². The number of H-pyrrole nitrogens is 1. The summed E-state index contributed by atoms with van der Waals surface area (Å²) in [6.45, 7) is 4.10. The van der Waals surface area contributed by atoms with E-state index in [1.54, 1.807) is 6.20 Å². The number of aryl methyl sites for hydroxylation is 2. The number of aromatic amines is 1. The number of aromatic nitrogens is 3. The monoisotopic (exact) mass is 298 g/mol. The average Bonchev–Trinajstić information content (AvgIpc) is 2.78. The van der Waals surface area contributed by atoms with Gasteiger partial charge in [-0.2, -0.15) is 0 Å². The molecule has 0 spiro atoms. The number of nitrogens with one attached hydrogen (secondary N) is 2. The van der Waals surface area contributed by atoms with E-state index in [0.29, 0.717) is 11.0 Å². The van der Waals surface area contributed by atoms with Crippen molar-refractivity contribution in [3.05, 3.63) is 59.0 Å². The number of anilines is 2. The van der Waals surface area contributed by atoms with Crippen molar-refractivity contribution in [2.45, 2.75) is 13.8 Å². The van der Waals surface area contributed by atoms with Crippen LogP contribution in [-0.2, 0) is 0 Å². The number of rotatable bonds is 3. The van der Waals surface area contributed by atoms with Crippen LogP contribution in [0.1, 0.15) is 11.3 Å². The molecule has 5 heteroatoms. The first-order valence-electron chi connectivity index (χ1n) is 6.64. The maximum Gasteiger partial charge on any atom is 0.227 e. The molecule has 3 aromatic rings. The van der Waals surface area contributed by atoms with Crippen LogP contribution in [0.3, 0.4) is 0 Å². The summed E-state index contributed by atoms with van der Waals surface area (Å²) in [7, 11) is 0. The van der Waals surface area contributed by atoms with E-state index < -0.39 is 0 Å². The van der Waals surface area contributed by atoms with E-state index in [9.17, 15) is 0 Å². The summed E-state index contributed by atoms with van der Waals surface area (Å²) >= 11 is 5.98. The Morgan fingerprint density at radius 1 is 1.19 bits per heavy atom. The van der Waals surface area contributed by atoms with E-state index in [0.717, 1.165) is 22.6 Å². The fourth-order valence-electron chi connectivity index (χ4n) is 2.30. The number of nitrogens with zero attached hydrogens (tertiary/aromatic N) is 2. The molecule has 0 bridgehead atoms. The van der Waals surface area contributed by atoms with Crippen molar-refractivity contribution in [2.24, 2.45) is 0 Å². The molecule has 0 fully saturated rings. The first kappa shape index (κ1) is 13.6. The minimum Gasteiger partial charge on any atom is -0.364 e. The third-order valence-corrected chi connectivity index (χ3v) is 3.50. The normalized spacial score (nSPS) is 10.6. The zero-order valence-electron chi connectivity index (χ0n) is 11.8. The van der Waals surface area contributed by atoms with E-state index in [1.807, 2.05) is 43.5 Å². The van der Waals surface area contributed by atoms with E-state index in [1.165, 1.54) is 5.56 Å². The second kappa shape index (κ2) is 5.58. The lowest BCUT2D eigenvalue weighted by Crippen LogP contribution is -1.98. The van der Waals surface area contributed by atoms with Gasteiger partial charge in [-0.1, -0.05) is 17.7 Å². The Labute approximate surface area is 128 Å². The molecule has 0 radical (unpaired) electrons. The highest BCUT2D eigenvalue weighted by Crippen LogP contribution is 2.26. The molecule has 21 heavy (non-hydrogen) atoms. The molecule has 106 valence electrons. The molecule has 0 aliphatic rings. The van der Waals surface area contributed by atoms with Gasteiger partial charge in [0.2, 0.25) is 5.95 Å². The van der Waals surface area contributed by atoms with Gasteiger partial charge in [-0.25, -0.2) is 9.97 Å². The molecule has 0 saturated heterocycles. The van der Waals surface area contributed by atoms with E-state index in [2.05, 4.69) is 27.2 Å². The lowest BCUT2D eigenvalue weighted by Gasteiger charge is -2.07. The van der Waals surface area contributed by atoms with Crippen molar-refractivity contribution >= 4 is 23.2 Å². The number of halogens is 1. The Kier molecular flexibility index (Phi) is 3.62. The molecular formula is C16H15ClN4. The molecule has 2 aromatic heterocycles. The molecule has 0 unspecified atom stereocenters. The molecule has 1 aromatic carbocycles. The minimum absolute atomic E-state index is 0.551. The third kappa shape index (κ3) is 2.90. The Morgan fingerprint density at radius 2 is 2.05 bits per heavy atom. The second-order valence-electron chi connectivity index (χ2n) is 4.87. The quantitative estimate of drug-likeness (QED) is 0.749. The van der Waals surface area contributed by atoms with Crippen LogP contribution in [0.4, 0.5) is 11.6 Å². The molecule has 0 aliphatic carbocycles. The van der Waals surface area contributed by atoms with Crippen molar-refractivity contribution in [2.75, 3.05) is 5.32 Å². The number of hydrogen-bond donors (Lipinski definition) is 2. The largest absolute Gasteiger partial charge is 0.364 e. The Balaban J connectivity index is 1.94. The molecule has 3 rings (SSSR count). The van der Waals surface area contributed by atoms with Gasteiger partial charge in [-0.15, -0.1) is 0 Å². The summed E-state index contributed by atoms with van der Waals surface area (Å²) in [6, 6.07) is 9.39. The zero-order valence-corrected chi connectivity index (χ0v) is 12.6. The Bertz CT molecular complexity index is 760. The Morgan fingerprint density at radius 3 is 2.76 bits per heavy atom. The highest BCUT2D eigenvalue weighted by atomic mass is 35.5. The molecule has 0 saturated carbocycles. The predicted octanol–water partition coefficient (Wildman–Crippen LogP) is 4.49. The average molecular weight is 299 g/mol. The summed E-state index contributed by atoms with van der Waals surface area (Å²) in [5.74, 6) is 0.551. The van der Waals surface area contributed by atoms with Gasteiger partial charge in [0.05, 0.1) is 5.69 Å². The number of benzene rings is 1. The van der Waals surface area contributed by atoms with Crippen molar-refractivity contribution in [3.63, 3.8) is 0 Å². The summed E-state index contributed by atoms with van der Waals surface area (Å²) < 4.78 is 0. The van der Waals surface area contributed by atoms with Crippen LogP contribution < -0.4 is 5.32 Å². The lowest BCUT2D eigenvalue weighted by molar-refractivity contribution is 1.16. The zero-order chi connectivity index (χ0) is 14.8. The maximum atomic E-state index is 5.98. The van der Waals surface area contributed by atoms with Gasteiger partial charge in [0.25, 0.3) is 0 Å². The summed E-state index contributed by atoms with van der Waals surface area (Å²) in [5, 5.41) is 3.84. The lowest BCUT2D eigenvalue weighted by atomic mass is 10.1. The second-order valence-corrected chi connectivity index (χ2v) is 5.31. The van der Waals surface area contributed by atoms with Crippen molar-refractivity contribution < 1.29 is 0 Å². The fourth-order valence-corrected chi connectivity index (χ4v) is 2.49. The fraction of sp³-hybridized carbons (Fsp3) is 0.125. The molecule has 4 nitrogen and oxygen atoms in total. The Hall–Kier alpha value is -2.33. The van der Waals surface area contributed by atoms with Gasteiger partial charge < -0.3 is 10.3 Å². The maximum absolute atomic E-state index is 5.98. The van der Waals surface area contributed by atoms with Crippen molar-refractivity contribution in [1.29, 1.82) is 0 Å². The topological polar surface area (TPSA) is 53.6 Å². The minimum atomic E-state index is 0.551. The number of hydrogen-bond acceptors (Lipinski definition) is 3. The molecule has 0 aliphatic heterocycles. The SMILES string of the molecule is Cc1c[nH]c(C)c1-c1ccnc(Nc2cccc(Cl)c2)n1. The molecule has 2 N–H and O–H groups in total. The van der Waals surface area contributed by atoms with E-state index in [4.69, 9.17) is 11.6 Å². The molecule has 0 atom stereocenters. The van der Waals surface area contributed by atoms with Gasteiger partial charge in [0.1, 0.15) is 0 Å².